The van der Waals surface area contributed by atoms with E-state index in [1.54, 1.807) is 6.08 Å². The molecule has 0 aromatic carbocycles. The average molecular weight is 367 g/mol. The van der Waals surface area contributed by atoms with Crippen molar-refractivity contribution in [1.82, 2.24) is 0 Å². The van der Waals surface area contributed by atoms with Crippen LogP contribution >= 0.6 is 0 Å². The first-order valence-corrected chi connectivity index (χ1v) is 10.4. The monoisotopic (exact) mass is 366 g/mol. The van der Waals surface area contributed by atoms with Crippen LogP contribution in [0.25, 0.3) is 0 Å². The zero-order valence-corrected chi connectivity index (χ0v) is 17.2. The largest absolute Gasteiger partial charge is 0.460 e. The Morgan fingerprint density at radius 1 is 1.04 bits per heavy atom. The third-order valence-corrected chi connectivity index (χ3v) is 4.59. The van der Waals surface area contributed by atoms with E-state index >= 15 is 0 Å². The Morgan fingerprint density at radius 3 is 2.42 bits per heavy atom. The van der Waals surface area contributed by atoms with Crippen molar-refractivity contribution < 1.29 is 19.1 Å². The molecule has 0 aliphatic heterocycles. The van der Waals surface area contributed by atoms with Crippen LogP contribution in [0.15, 0.2) is 12.2 Å². The van der Waals surface area contributed by atoms with E-state index in [1.807, 2.05) is 26.8 Å². The highest BCUT2D eigenvalue weighted by atomic mass is 16.6. The summed E-state index contributed by atoms with van der Waals surface area (Å²) in [7, 11) is 0. The predicted molar refractivity (Wildman–Crippen MR) is 105 cm³/mol. The standard InChI is InChI=1S/C22H38O4/c1-5-6-7-8-10-13-18-19(23)15-16-20(18)25-17-12-9-11-14-21(24)26-22(2,3)4/h15-16,18,20H,5-14,17H2,1-4H3/t18-,20-/m0/s1. The predicted octanol–water partition coefficient (Wildman–Crippen LogP) is 5.39. The number of hydrogen-bond acceptors (Lipinski definition) is 4. The molecule has 150 valence electrons. The van der Waals surface area contributed by atoms with Crippen molar-refractivity contribution in [2.75, 3.05) is 6.61 Å². The number of carbonyl (C=O) groups is 2. The van der Waals surface area contributed by atoms with Gasteiger partial charge in [-0.2, -0.15) is 0 Å². The maximum Gasteiger partial charge on any atom is 0.306 e. The third kappa shape index (κ3) is 10.1. The lowest BCUT2D eigenvalue weighted by molar-refractivity contribution is -0.155. The molecule has 2 atom stereocenters. The van der Waals surface area contributed by atoms with Crippen LogP contribution in [-0.4, -0.2) is 30.1 Å². The smallest absolute Gasteiger partial charge is 0.306 e. The second-order valence-electron chi connectivity index (χ2n) is 8.30. The van der Waals surface area contributed by atoms with Gasteiger partial charge in [0, 0.05) is 13.0 Å². The summed E-state index contributed by atoms with van der Waals surface area (Å²) in [4.78, 5) is 23.7. The number of rotatable bonds is 13. The van der Waals surface area contributed by atoms with Gasteiger partial charge in [0.25, 0.3) is 0 Å². The Bertz CT molecular complexity index is 448. The van der Waals surface area contributed by atoms with Crippen LogP contribution in [0.3, 0.4) is 0 Å². The average Bonchev–Trinajstić information content (AvgIpc) is 2.89. The van der Waals surface area contributed by atoms with E-state index in [-0.39, 0.29) is 23.8 Å². The van der Waals surface area contributed by atoms with Gasteiger partial charge in [0.2, 0.25) is 0 Å². The van der Waals surface area contributed by atoms with Crippen molar-refractivity contribution in [2.24, 2.45) is 5.92 Å². The van der Waals surface area contributed by atoms with E-state index in [1.165, 1.54) is 25.7 Å². The molecular formula is C22H38O4. The summed E-state index contributed by atoms with van der Waals surface area (Å²) in [5, 5.41) is 0. The van der Waals surface area contributed by atoms with Crippen LogP contribution in [0, 0.1) is 5.92 Å². The van der Waals surface area contributed by atoms with Crippen LogP contribution in [0.2, 0.25) is 0 Å². The number of unbranched alkanes of at least 4 members (excludes halogenated alkanes) is 6. The molecular weight excluding hydrogens is 328 g/mol. The van der Waals surface area contributed by atoms with E-state index in [9.17, 15) is 9.59 Å². The van der Waals surface area contributed by atoms with E-state index in [2.05, 4.69) is 6.92 Å². The topological polar surface area (TPSA) is 52.6 Å². The zero-order chi connectivity index (χ0) is 19.4. The lowest BCUT2D eigenvalue weighted by Crippen LogP contribution is -2.24. The number of ketones is 1. The highest BCUT2D eigenvalue weighted by Crippen LogP contribution is 2.25. The molecule has 4 nitrogen and oxygen atoms in total. The first-order chi connectivity index (χ1) is 12.3. The zero-order valence-electron chi connectivity index (χ0n) is 17.2. The molecule has 0 N–H and O–H groups in total. The summed E-state index contributed by atoms with van der Waals surface area (Å²) in [5.41, 5.74) is -0.410. The van der Waals surface area contributed by atoms with Crippen molar-refractivity contribution >= 4 is 11.8 Å². The van der Waals surface area contributed by atoms with Gasteiger partial charge in [0.15, 0.2) is 5.78 Å². The van der Waals surface area contributed by atoms with Gasteiger partial charge in [-0.3, -0.25) is 9.59 Å². The minimum Gasteiger partial charge on any atom is -0.460 e. The first-order valence-electron chi connectivity index (χ1n) is 10.4. The second kappa shape index (κ2) is 12.3. The molecule has 0 fully saturated rings. The van der Waals surface area contributed by atoms with Gasteiger partial charge in [0.05, 0.1) is 12.0 Å². The molecule has 0 aromatic rings. The molecule has 26 heavy (non-hydrogen) atoms. The SMILES string of the molecule is CCCCCCC[C@H]1C(=O)C=C[C@@H]1OCCCCCC(=O)OC(C)(C)C. The van der Waals surface area contributed by atoms with Crippen LogP contribution in [-0.2, 0) is 19.1 Å². The maximum absolute atomic E-state index is 12.0. The number of esters is 1. The van der Waals surface area contributed by atoms with Crippen molar-refractivity contribution in [1.29, 1.82) is 0 Å². The summed E-state index contributed by atoms with van der Waals surface area (Å²) >= 11 is 0. The molecule has 0 aromatic heterocycles. The molecule has 1 rings (SSSR count). The lowest BCUT2D eigenvalue weighted by atomic mass is 9.95. The van der Waals surface area contributed by atoms with Gasteiger partial charge >= 0.3 is 5.97 Å². The molecule has 0 amide bonds. The summed E-state index contributed by atoms with van der Waals surface area (Å²) in [6.45, 7) is 8.50. The molecule has 0 saturated heterocycles. The Morgan fingerprint density at radius 2 is 1.73 bits per heavy atom. The quantitative estimate of drug-likeness (QED) is 0.324. The van der Waals surface area contributed by atoms with E-state index < -0.39 is 5.60 Å². The Labute approximate surface area is 159 Å². The van der Waals surface area contributed by atoms with Crippen LogP contribution in [0.4, 0.5) is 0 Å². The highest BCUT2D eigenvalue weighted by Gasteiger charge is 2.30. The van der Waals surface area contributed by atoms with Crippen LogP contribution < -0.4 is 0 Å². The fourth-order valence-electron chi connectivity index (χ4n) is 3.22. The van der Waals surface area contributed by atoms with Gasteiger partial charge in [-0.15, -0.1) is 0 Å². The van der Waals surface area contributed by atoms with Crippen LogP contribution in [0.1, 0.15) is 91.9 Å². The van der Waals surface area contributed by atoms with Crippen molar-refractivity contribution in [2.45, 2.75) is 104 Å². The van der Waals surface area contributed by atoms with Gasteiger partial charge in [-0.1, -0.05) is 51.5 Å². The summed E-state index contributed by atoms with van der Waals surface area (Å²) < 4.78 is 11.2. The molecule has 0 bridgehead atoms. The number of allylic oxidation sites excluding steroid dienone is 1. The second-order valence-corrected chi connectivity index (χ2v) is 8.30. The minimum atomic E-state index is -0.410. The molecule has 0 unspecified atom stereocenters. The maximum atomic E-state index is 12.0. The lowest BCUT2D eigenvalue weighted by Gasteiger charge is -2.19. The Balaban J connectivity index is 2.12. The van der Waals surface area contributed by atoms with Crippen LogP contribution in [0.5, 0.6) is 0 Å². The fraction of sp³-hybridized carbons (Fsp3) is 0.818. The fourth-order valence-corrected chi connectivity index (χ4v) is 3.22. The number of hydrogen-bond donors (Lipinski definition) is 0. The number of carbonyl (C=O) groups excluding carboxylic acids is 2. The third-order valence-electron chi connectivity index (χ3n) is 4.59. The van der Waals surface area contributed by atoms with E-state index in [0.717, 1.165) is 32.1 Å². The highest BCUT2D eigenvalue weighted by molar-refractivity contribution is 5.95. The van der Waals surface area contributed by atoms with Crippen molar-refractivity contribution in [3.8, 4) is 0 Å². The Hall–Kier alpha value is -1.16. The molecule has 0 saturated carbocycles. The molecule has 4 heteroatoms. The summed E-state index contributed by atoms with van der Waals surface area (Å²) in [6, 6.07) is 0. The molecule has 1 aliphatic carbocycles. The molecule has 0 spiro atoms. The first kappa shape index (κ1) is 22.9. The van der Waals surface area contributed by atoms with E-state index in [0.29, 0.717) is 13.0 Å². The number of ether oxygens (including phenoxy) is 2. The van der Waals surface area contributed by atoms with Gasteiger partial charge in [-0.25, -0.2) is 0 Å². The minimum absolute atomic E-state index is 0.0124. The van der Waals surface area contributed by atoms with Crippen molar-refractivity contribution in [3.05, 3.63) is 12.2 Å². The normalized spacial score (nSPS) is 19.9. The summed E-state index contributed by atoms with van der Waals surface area (Å²) in [6.07, 6.45) is 13.7. The summed E-state index contributed by atoms with van der Waals surface area (Å²) in [5.74, 6) is 0.0969. The molecule has 1 aliphatic rings. The molecule has 0 heterocycles. The Kier molecular flexibility index (Phi) is 10.8. The van der Waals surface area contributed by atoms with Gasteiger partial charge in [0.1, 0.15) is 5.60 Å². The van der Waals surface area contributed by atoms with Gasteiger partial charge < -0.3 is 9.47 Å². The van der Waals surface area contributed by atoms with Crippen molar-refractivity contribution in [3.63, 3.8) is 0 Å². The van der Waals surface area contributed by atoms with Gasteiger partial charge in [-0.05, 0) is 46.1 Å². The molecule has 0 radical (unpaired) electrons. The van der Waals surface area contributed by atoms with E-state index in [4.69, 9.17) is 9.47 Å².